The molecule has 0 unspecified atom stereocenters. The third-order valence-corrected chi connectivity index (χ3v) is 0.946. The maximum Gasteiger partial charge on any atom is 0.408 e. The second kappa shape index (κ2) is 4.32. The molecule has 0 bridgehead atoms. The van der Waals surface area contributed by atoms with Crippen LogP contribution in [0.2, 0.25) is 0 Å². The van der Waals surface area contributed by atoms with Gasteiger partial charge in [-0.1, -0.05) is 6.08 Å². The zero-order valence-corrected chi connectivity index (χ0v) is 5.86. The molecule has 62 valence electrons. The zero-order chi connectivity index (χ0) is 8.85. The van der Waals surface area contributed by atoms with Crippen molar-refractivity contribution in [3.8, 4) is 0 Å². The van der Waals surface area contributed by atoms with Gasteiger partial charge in [-0.3, -0.25) is 9.69 Å². The van der Waals surface area contributed by atoms with Crippen molar-refractivity contribution in [2.24, 2.45) is 0 Å². The van der Waals surface area contributed by atoms with Crippen LogP contribution in [0, 0.1) is 0 Å². The number of carboxylic acids is 1. The second-order valence-corrected chi connectivity index (χ2v) is 1.85. The summed E-state index contributed by atoms with van der Waals surface area (Å²) in [4.78, 5) is 21.0. The number of aliphatic carboxylic acids is 1. The van der Waals surface area contributed by atoms with Crippen LogP contribution in [0.4, 0.5) is 4.79 Å². The lowest BCUT2D eigenvalue weighted by atomic mass is 10.5. The third kappa shape index (κ3) is 3.96. The first-order chi connectivity index (χ1) is 5.07. The van der Waals surface area contributed by atoms with Gasteiger partial charge in [0.2, 0.25) is 0 Å². The van der Waals surface area contributed by atoms with Crippen LogP contribution in [0.1, 0.15) is 0 Å². The van der Waals surface area contributed by atoms with Crippen LogP contribution in [0.5, 0.6) is 0 Å². The number of hydrogen-bond donors (Lipinski definition) is 2. The lowest BCUT2D eigenvalue weighted by molar-refractivity contribution is -0.137. The van der Waals surface area contributed by atoms with Gasteiger partial charge in [0.15, 0.2) is 0 Å². The van der Waals surface area contributed by atoms with E-state index in [0.717, 1.165) is 4.90 Å². The SMILES string of the molecule is C=CCN(CC(=O)O)C(=O)O. The molecule has 0 saturated heterocycles. The summed E-state index contributed by atoms with van der Waals surface area (Å²) in [6.07, 6.45) is 0.0733. The fourth-order valence-electron chi connectivity index (χ4n) is 0.529. The first-order valence-corrected chi connectivity index (χ1v) is 2.88. The van der Waals surface area contributed by atoms with Gasteiger partial charge in [-0.2, -0.15) is 0 Å². The molecule has 5 nitrogen and oxygen atoms in total. The molecule has 1 amide bonds. The molecule has 2 N–H and O–H groups in total. The highest BCUT2D eigenvalue weighted by Gasteiger charge is 2.12. The molecule has 0 aromatic rings. The Morgan fingerprint density at radius 3 is 2.27 bits per heavy atom. The minimum absolute atomic E-state index is 0.0294. The highest BCUT2D eigenvalue weighted by Crippen LogP contribution is 1.88. The van der Waals surface area contributed by atoms with Crippen molar-refractivity contribution in [3.05, 3.63) is 12.7 Å². The third-order valence-electron chi connectivity index (χ3n) is 0.946. The summed E-state index contributed by atoms with van der Waals surface area (Å²) in [6.45, 7) is 2.81. The molecule has 0 aromatic carbocycles. The number of hydrogen-bond acceptors (Lipinski definition) is 2. The Hall–Kier alpha value is -1.52. The smallest absolute Gasteiger partial charge is 0.408 e. The summed E-state index contributed by atoms with van der Waals surface area (Å²) >= 11 is 0. The molecule has 0 aromatic heterocycles. The van der Waals surface area contributed by atoms with Gasteiger partial charge >= 0.3 is 12.1 Å². The summed E-state index contributed by atoms with van der Waals surface area (Å²) in [5.74, 6) is -1.17. The van der Waals surface area contributed by atoms with E-state index in [0.29, 0.717) is 0 Å². The molecule has 0 radical (unpaired) electrons. The summed E-state index contributed by atoms with van der Waals surface area (Å²) < 4.78 is 0. The van der Waals surface area contributed by atoms with Gasteiger partial charge in [0.05, 0.1) is 0 Å². The van der Waals surface area contributed by atoms with Crippen molar-refractivity contribution in [2.45, 2.75) is 0 Å². The van der Waals surface area contributed by atoms with Gasteiger partial charge in [0.1, 0.15) is 6.54 Å². The summed E-state index contributed by atoms with van der Waals surface area (Å²) in [6, 6.07) is 0. The van der Waals surface area contributed by atoms with Crippen LogP contribution >= 0.6 is 0 Å². The molecular weight excluding hydrogens is 150 g/mol. The standard InChI is InChI=1S/C6H9NO4/c1-2-3-7(6(10)11)4-5(8)9/h2H,1,3-4H2,(H,8,9)(H,10,11). The number of carbonyl (C=O) groups is 2. The Labute approximate surface area is 63.5 Å². The average Bonchev–Trinajstić information content (AvgIpc) is 1.86. The van der Waals surface area contributed by atoms with Gasteiger partial charge in [0, 0.05) is 6.54 Å². The molecule has 5 heteroatoms. The summed E-state index contributed by atoms with van der Waals surface area (Å²) in [7, 11) is 0. The molecular formula is C6H9NO4. The largest absolute Gasteiger partial charge is 0.480 e. The average molecular weight is 159 g/mol. The fraction of sp³-hybridized carbons (Fsp3) is 0.333. The predicted octanol–water partition coefficient (Wildman–Crippen LogP) is 0.237. The monoisotopic (exact) mass is 159 g/mol. The van der Waals surface area contributed by atoms with Crippen LogP contribution in [0.3, 0.4) is 0 Å². The molecule has 0 spiro atoms. The normalized spacial score (nSPS) is 8.73. The number of amides is 1. The van der Waals surface area contributed by atoms with Crippen LogP contribution < -0.4 is 0 Å². The van der Waals surface area contributed by atoms with E-state index in [1.165, 1.54) is 6.08 Å². The maximum atomic E-state index is 10.2. The van der Waals surface area contributed by atoms with Gasteiger partial charge in [-0.15, -0.1) is 6.58 Å². The molecule has 0 heterocycles. The van der Waals surface area contributed by atoms with Crippen LogP contribution in [-0.2, 0) is 4.79 Å². The van der Waals surface area contributed by atoms with Crippen molar-refractivity contribution in [1.29, 1.82) is 0 Å². The van der Waals surface area contributed by atoms with Gasteiger partial charge in [-0.05, 0) is 0 Å². The Bertz CT molecular complexity index is 177. The molecule has 0 aliphatic heterocycles. The lowest BCUT2D eigenvalue weighted by Gasteiger charge is -2.13. The van der Waals surface area contributed by atoms with E-state index in [9.17, 15) is 9.59 Å². The predicted molar refractivity (Wildman–Crippen MR) is 37.4 cm³/mol. The second-order valence-electron chi connectivity index (χ2n) is 1.85. The topological polar surface area (TPSA) is 77.8 Å². The molecule has 0 rings (SSSR count). The number of rotatable bonds is 4. The molecule has 0 aliphatic carbocycles. The highest BCUT2D eigenvalue weighted by atomic mass is 16.4. The summed E-state index contributed by atoms with van der Waals surface area (Å²) in [5, 5.41) is 16.6. The van der Waals surface area contributed by atoms with E-state index in [4.69, 9.17) is 10.2 Å². The Morgan fingerprint density at radius 2 is 2.00 bits per heavy atom. The van der Waals surface area contributed by atoms with Crippen molar-refractivity contribution >= 4 is 12.1 Å². The van der Waals surface area contributed by atoms with Gasteiger partial charge in [-0.25, -0.2) is 4.79 Å². The van der Waals surface area contributed by atoms with Crippen LogP contribution in [0.15, 0.2) is 12.7 Å². The van der Waals surface area contributed by atoms with Gasteiger partial charge < -0.3 is 10.2 Å². The van der Waals surface area contributed by atoms with Crippen LogP contribution in [-0.4, -0.2) is 40.3 Å². The minimum Gasteiger partial charge on any atom is -0.480 e. The van der Waals surface area contributed by atoms with Crippen molar-refractivity contribution in [2.75, 3.05) is 13.1 Å². The minimum atomic E-state index is -1.26. The summed E-state index contributed by atoms with van der Waals surface area (Å²) in [5.41, 5.74) is 0. The quantitative estimate of drug-likeness (QED) is 0.576. The molecule has 0 aliphatic rings. The van der Waals surface area contributed by atoms with E-state index >= 15 is 0 Å². The molecule has 0 atom stereocenters. The van der Waals surface area contributed by atoms with Crippen molar-refractivity contribution < 1.29 is 19.8 Å². The van der Waals surface area contributed by atoms with E-state index in [-0.39, 0.29) is 6.54 Å². The Balaban J connectivity index is 3.99. The Kier molecular flexibility index (Phi) is 3.72. The van der Waals surface area contributed by atoms with E-state index in [2.05, 4.69) is 6.58 Å². The van der Waals surface area contributed by atoms with Crippen molar-refractivity contribution in [1.82, 2.24) is 4.90 Å². The van der Waals surface area contributed by atoms with Crippen LogP contribution in [0.25, 0.3) is 0 Å². The first-order valence-electron chi connectivity index (χ1n) is 2.88. The van der Waals surface area contributed by atoms with Gasteiger partial charge in [0.25, 0.3) is 0 Å². The fourth-order valence-corrected chi connectivity index (χ4v) is 0.529. The lowest BCUT2D eigenvalue weighted by Crippen LogP contribution is -2.34. The molecule has 11 heavy (non-hydrogen) atoms. The van der Waals surface area contributed by atoms with E-state index in [1.54, 1.807) is 0 Å². The number of carboxylic acid groups (broad SMARTS) is 2. The zero-order valence-electron chi connectivity index (χ0n) is 5.86. The molecule has 0 fully saturated rings. The molecule has 0 saturated carbocycles. The van der Waals surface area contributed by atoms with Crippen molar-refractivity contribution in [3.63, 3.8) is 0 Å². The number of nitrogens with zero attached hydrogens (tertiary/aromatic N) is 1. The first kappa shape index (κ1) is 9.48. The van der Waals surface area contributed by atoms with E-state index in [1.807, 2.05) is 0 Å². The maximum absolute atomic E-state index is 10.2. The Morgan fingerprint density at radius 1 is 1.45 bits per heavy atom. The highest BCUT2D eigenvalue weighted by molar-refractivity contribution is 5.75. The van der Waals surface area contributed by atoms with E-state index < -0.39 is 18.6 Å².